The standard InChI is InChI=1S/C66H42N2O/c1-4-18-54-44(13-1)33-40-61-60-24-12-23-55(65(60)69-66(54)61)45-29-36-50(37-30-45)67(51-38-31-46(32-39-51)62-42-48-14-2-3-17-53(48)56-19-5-6-20-57(56)62)49-34-27-43(28-35-49)47-15-11-16-52(41-47)68-63-25-9-7-21-58(63)59-22-8-10-26-64(59)68/h1-42H/i1D,4D,12D,13D,18D,23D,24D,29D,30D,33D,36D,37D,40D. The number of fused-ring (bicyclic) bond motifs is 11. The SMILES string of the molecule is [2H]c1c([2H])c(N(c2ccc(-c3cccc(-n4c5ccccc5c5ccccc54)c3)cc2)c2ccc(-c3cc4ccccc4c4ccccc34)cc2)c([2H])c([2H])c1-c1c([2H])c([2H])c([2H])c2c1oc1c3c([2H])c([2H])c([2H])c([2H])c3c([2H])c([2H])c12. The molecule has 0 spiro atoms. The van der Waals surface area contributed by atoms with Crippen LogP contribution in [0.25, 0.3) is 115 Å². The molecule has 3 heteroatoms. The van der Waals surface area contributed by atoms with E-state index in [9.17, 15) is 6.85 Å². The highest BCUT2D eigenvalue weighted by Crippen LogP contribution is 2.43. The van der Waals surface area contributed by atoms with Crippen molar-refractivity contribution < 1.29 is 22.2 Å². The predicted molar refractivity (Wildman–Crippen MR) is 292 cm³/mol. The van der Waals surface area contributed by atoms with Crippen LogP contribution in [0.5, 0.6) is 0 Å². The fourth-order valence-corrected chi connectivity index (χ4v) is 9.97. The smallest absolute Gasteiger partial charge is 0.143 e. The molecule has 0 saturated carbocycles. The summed E-state index contributed by atoms with van der Waals surface area (Å²) in [6, 6.07) is 51.1. The van der Waals surface area contributed by atoms with Gasteiger partial charge in [-0.3, -0.25) is 0 Å². The van der Waals surface area contributed by atoms with Crippen LogP contribution >= 0.6 is 0 Å². The van der Waals surface area contributed by atoms with Gasteiger partial charge in [0.25, 0.3) is 0 Å². The van der Waals surface area contributed by atoms with Crippen molar-refractivity contribution in [3.8, 4) is 39.1 Å². The monoisotopic (exact) mass is 891 g/mol. The van der Waals surface area contributed by atoms with E-state index in [4.69, 9.17) is 15.4 Å². The van der Waals surface area contributed by atoms with Crippen LogP contribution in [-0.2, 0) is 0 Å². The van der Waals surface area contributed by atoms with Crippen molar-refractivity contribution in [2.24, 2.45) is 0 Å². The lowest BCUT2D eigenvalue weighted by Gasteiger charge is -2.26. The maximum Gasteiger partial charge on any atom is 0.143 e. The summed E-state index contributed by atoms with van der Waals surface area (Å²) in [7, 11) is 0. The summed E-state index contributed by atoms with van der Waals surface area (Å²) in [6.07, 6.45) is 0. The molecule has 69 heavy (non-hydrogen) atoms. The number of rotatable bonds is 7. The van der Waals surface area contributed by atoms with E-state index in [0.29, 0.717) is 11.4 Å². The van der Waals surface area contributed by atoms with Gasteiger partial charge in [-0.2, -0.15) is 0 Å². The maximum absolute atomic E-state index is 9.88. The summed E-state index contributed by atoms with van der Waals surface area (Å²) in [4.78, 5) is 1.66. The first kappa shape index (κ1) is 28.1. The highest BCUT2D eigenvalue weighted by Gasteiger charge is 2.19. The van der Waals surface area contributed by atoms with E-state index in [2.05, 4.69) is 71.3 Å². The molecular weight excluding hydrogens is 837 g/mol. The zero-order valence-corrected chi connectivity index (χ0v) is 36.5. The second-order valence-electron chi connectivity index (χ2n) is 17.0. The van der Waals surface area contributed by atoms with Crippen LogP contribution in [0.4, 0.5) is 17.1 Å². The first-order valence-corrected chi connectivity index (χ1v) is 22.6. The van der Waals surface area contributed by atoms with Crippen molar-refractivity contribution >= 4 is 93.1 Å². The molecule has 3 nitrogen and oxygen atoms in total. The van der Waals surface area contributed by atoms with Gasteiger partial charge in [-0.05, 0) is 127 Å². The fraction of sp³-hybridized carbons (Fsp3) is 0. The number of hydrogen-bond donors (Lipinski definition) is 0. The molecule has 0 saturated heterocycles. The second kappa shape index (κ2) is 15.7. The molecule has 0 amide bonds. The third-order valence-corrected chi connectivity index (χ3v) is 13.2. The predicted octanol–water partition coefficient (Wildman–Crippen LogP) is 18.6. The molecule has 12 aromatic carbocycles. The Morgan fingerprint density at radius 1 is 0.333 bits per heavy atom. The Labute approximate surface area is 417 Å². The Morgan fingerprint density at radius 2 is 0.957 bits per heavy atom. The normalized spacial score (nSPS) is 14.4. The summed E-state index contributed by atoms with van der Waals surface area (Å²) in [5.74, 6) is 0. The molecule has 0 aliphatic heterocycles. The molecule has 0 bridgehead atoms. The molecule has 14 rings (SSSR count). The van der Waals surface area contributed by atoms with E-state index in [1.165, 1.54) is 0 Å². The number of benzene rings is 12. The number of hydrogen-bond acceptors (Lipinski definition) is 2. The number of nitrogens with zero attached hydrogens (tertiary/aromatic N) is 2. The molecular formula is C66H42N2O. The summed E-state index contributed by atoms with van der Waals surface area (Å²) in [6.45, 7) is 0. The number of furan rings is 1. The Kier molecular flexibility index (Phi) is 6.40. The second-order valence-corrected chi connectivity index (χ2v) is 17.0. The van der Waals surface area contributed by atoms with Crippen molar-refractivity contribution in [1.82, 2.24) is 4.57 Å². The van der Waals surface area contributed by atoms with E-state index in [1.807, 2.05) is 109 Å². The van der Waals surface area contributed by atoms with Gasteiger partial charge in [0.05, 0.1) is 28.9 Å². The molecule has 14 aromatic rings. The van der Waals surface area contributed by atoms with E-state index in [1.54, 1.807) is 4.90 Å². The highest BCUT2D eigenvalue weighted by molar-refractivity contribution is 6.17. The Hall–Kier alpha value is -9.18. The van der Waals surface area contributed by atoms with Crippen LogP contribution in [0.15, 0.2) is 259 Å². The molecule has 0 aliphatic carbocycles. The minimum absolute atomic E-state index is 0.131. The summed E-state index contributed by atoms with van der Waals surface area (Å²) >= 11 is 0. The van der Waals surface area contributed by atoms with Gasteiger partial charge in [-0.1, -0.05) is 182 Å². The van der Waals surface area contributed by atoms with Crippen molar-refractivity contribution in [2.75, 3.05) is 4.90 Å². The van der Waals surface area contributed by atoms with Crippen LogP contribution in [0.1, 0.15) is 17.8 Å². The first-order valence-electron chi connectivity index (χ1n) is 29.1. The lowest BCUT2D eigenvalue weighted by Crippen LogP contribution is -2.09. The van der Waals surface area contributed by atoms with Gasteiger partial charge in [-0.25, -0.2) is 0 Å². The molecule has 0 atom stereocenters. The third-order valence-electron chi connectivity index (χ3n) is 13.2. The molecule has 322 valence electrons. The van der Waals surface area contributed by atoms with Gasteiger partial charge in [0, 0.05) is 55.2 Å². The lowest BCUT2D eigenvalue weighted by molar-refractivity contribution is 0.674. The van der Waals surface area contributed by atoms with E-state index >= 15 is 0 Å². The average Bonchev–Trinajstić information content (AvgIpc) is 2.92. The molecule has 0 aliphatic rings. The Balaban J connectivity index is 0.956. The lowest BCUT2D eigenvalue weighted by atomic mass is 9.93. The van der Waals surface area contributed by atoms with Gasteiger partial charge >= 0.3 is 0 Å². The van der Waals surface area contributed by atoms with Gasteiger partial charge in [0.2, 0.25) is 0 Å². The number of anilines is 3. The fourth-order valence-electron chi connectivity index (χ4n) is 9.97. The summed E-state index contributed by atoms with van der Waals surface area (Å²) < 4.78 is 128. The first-order chi connectivity index (χ1) is 39.6. The van der Waals surface area contributed by atoms with E-state index < -0.39 is 84.1 Å². The topological polar surface area (TPSA) is 21.3 Å². The molecule has 2 heterocycles. The van der Waals surface area contributed by atoms with E-state index in [0.717, 1.165) is 71.3 Å². The zero-order valence-electron chi connectivity index (χ0n) is 49.5. The number of para-hydroxylation sites is 3. The van der Waals surface area contributed by atoms with Crippen molar-refractivity contribution in [3.05, 3.63) is 254 Å². The molecule has 2 aromatic heterocycles. The van der Waals surface area contributed by atoms with Gasteiger partial charge in [0.1, 0.15) is 11.2 Å². The van der Waals surface area contributed by atoms with Gasteiger partial charge in [-0.15, -0.1) is 0 Å². The van der Waals surface area contributed by atoms with Crippen LogP contribution in [0.2, 0.25) is 0 Å². The van der Waals surface area contributed by atoms with Crippen LogP contribution in [0.3, 0.4) is 0 Å². The van der Waals surface area contributed by atoms with Crippen LogP contribution in [-0.4, -0.2) is 4.57 Å². The molecule has 0 fully saturated rings. The van der Waals surface area contributed by atoms with Gasteiger partial charge in [0.15, 0.2) is 0 Å². The van der Waals surface area contributed by atoms with Crippen molar-refractivity contribution in [1.29, 1.82) is 0 Å². The van der Waals surface area contributed by atoms with Crippen LogP contribution in [0, 0.1) is 0 Å². The molecule has 0 radical (unpaired) electrons. The largest absolute Gasteiger partial charge is 0.455 e. The Bertz CT molecular complexity index is 5010. The highest BCUT2D eigenvalue weighted by atomic mass is 16.3. The quantitative estimate of drug-likeness (QED) is 0.149. The number of aromatic nitrogens is 1. The van der Waals surface area contributed by atoms with Gasteiger partial charge < -0.3 is 13.9 Å². The minimum atomic E-state index is -0.686. The van der Waals surface area contributed by atoms with Crippen molar-refractivity contribution in [2.45, 2.75) is 0 Å². The third kappa shape index (κ3) is 6.36. The average molecular weight is 892 g/mol. The summed E-state index contributed by atoms with van der Waals surface area (Å²) in [5, 5.41) is 5.59. The van der Waals surface area contributed by atoms with E-state index in [-0.39, 0.29) is 44.0 Å². The summed E-state index contributed by atoms with van der Waals surface area (Å²) in [5.41, 5.74) is 6.19. The molecule has 0 unspecified atom stereocenters. The van der Waals surface area contributed by atoms with Crippen molar-refractivity contribution in [3.63, 3.8) is 0 Å². The molecule has 0 N–H and O–H groups in total. The zero-order chi connectivity index (χ0) is 56.7. The Morgan fingerprint density at radius 3 is 1.71 bits per heavy atom. The van der Waals surface area contributed by atoms with Crippen LogP contribution < -0.4 is 4.90 Å². The minimum Gasteiger partial charge on any atom is -0.455 e. The maximum atomic E-state index is 9.88.